The molecule has 2 aromatic rings. The van der Waals surface area contributed by atoms with E-state index in [4.69, 9.17) is 4.74 Å². The lowest BCUT2D eigenvalue weighted by Gasteiger charge is -2.06. The molecule has 0 spiro atoms. The highest BCUT2D eigenvalue weighted by Crippen LogP contribution is 2.17. The van der Waals surface area contributed by atoms with Gasteiger partial charge in [0.15, 0.2) is 0 Å². The average Bonchev–Trinajstić information content (AvgIpc) is 2.89. The van der Waals surface area contributed by atoms with E-state index < -0.39 is 12.7 Å². The van der Waals surface area contributed by atoms with Gasteiger partial charge in [0.25, 0.3) is 0 Å². The van der Waals surface area contributed by atoms with E-state index in [9.17, 15) is 13.2 Å². The van der Waals surface area contributed by atoms with E-state index in [-0.39, 0.29) is 0 Å². The Kier molecular flexibility index (Phi) is 5.43. The molecule has 0 saturated heterocycles. The van der Waals surface area contributed by atoms with Gasteiger partial charge in [-0.1, -0.05) is 12.1 Å². The molecule has 0 atom stereocenters. The number of alkyl halides is 3. The zero-order chi connectivity index (χ0) is 16.0. The minimum Gasteiger partial charge on any atom is -0.497 e. The largest absolute Gasteiger partial charge is 0.497 e. The van der Waals surface area contributed by atoms with Gasteiger partial charge in [-0.3, -0.25) is 4.68 Å². The maximum atomic E-state index is 12.2. The van der Waals surface area contributed by atoms with Gasteiger partial charge < -0.3 is 10.1 Å². The van der Waals surface area contributed by atoms with E-state index in [1.165, 1.54) is 12.4 Å². The van der Waals surface area contributed by atoms with Gasteiger partial charge in [-0.2, -0.15) is 18.3 Å². The molecule has 2 rings (SSSR count). The lowest BCUT2D eigenvalue weighted by molar-refractivity contribution is -0.142. The summed E-state index contributed by atoms with van der Waals surface area (Å²) in [5.74, 6) is 0.811. The normalized spacial score (nSPS) is 11.6. The van der Waals surface area contributed by atoms with Crippen molar-refractivity contribution in [2.75, 3.05) is 13.7 Å². The van der Waals surface area contributed by atoms with Gasteiger partial charge in [0.2, 0.25) is 0 Å². The molecule has 0 radical (unpaired) electrons. The molecule has 0 unspecified atom stereocenters. The summed E-state index contributed by atoms with van der Waals surface area (Å²) in [7, 11) is 1.62. The van der Waals surface area contributed by atoms with Crippen LogP contribution in [0, 0.1) is 0 Å². The van der Waals surface area contributed by atoms with Crippen LogP contribution in [-0.2, 0) is 19.5 Å². The van der Waals surface area contributed by atoms with E-state index in [2.05, 4.69) is 10.4 Å². The predicted molar refractivity (Wildman–Crippen MR) is 76.7 cm³/mol. The topological polar surface area (TPSA) is 39.1 Å². The van der Waals surface area contributed by atoms with E-state index in [0.717, 1.165) is 34.5 Å². The van der Waals surface area contributed by atoms with Crippen molar-refractivity contribution in [3.8, 4) is 5.75 Å². The first-order valence-electron chi connectivity index (χ1n) is 6.88. The van der Waals surface area contributed by atoms with Crippen molar-refractivity contribution in [2.24, 2.45) is 0 Å². The fourth-order valence-electron chi connectivity index (χ4n) is 2.06. The van der Waals surface area contributed by atoms with Crippen LogP contribution in [0.1, 0.15) is 11.1 Å². The molecular weight excluding hydrogens is 295 g/mol. The maximum absolute atomic E-state index is 12.2. The van der Waals surface area contributed by atoms with Crippen molar-refractivity contribution >= 4 is 0 Å². The minimum atomic E-state index is -4.25. The summed E-state index contributed by atoms with van der Waals surface area (Å²) in [5.41, 5.74) is 1.87. The Bertz CT molecular complexity index is 596. The van der Waals surface area contributed by atoms with Crippen LogP contribution in [0.25, 0.3) is 0 Å². The summed E-state index contributed by atoms with van der Waals surface area (Å²) in [4.78, 5) is 0. The van der Waals surface area contributed by atoms with E-state index >= 15 is 0 Å². The predicted octanol–water partition coefficient (Wildman–Crippen LogP) is 2.79. The fourth-order valence-corrected chi connectivity index (χ4v) is 2.06. The number of hydrogen-bond donors (Lipinski definition) is 1. The van der Waals surface area contributed by atoms with Crippen LogP contribution in [0.4, 0.5) is 13.2 Å². The van der Waals surface area contributed by atoms with Crippen LogP contribution in [0.15, 0.2) is 36.7 Å². The molecule has 120 valence electrons. The molecule has 0 bridgehead atoms. The number of rotatable bonds is 7. The van der Waals surface area contributed by atoms with E-state index in [1.807, 2.05) is 24.3 Å². The third kappa shape index (κ3) is 5.40. The second kappa shape index (κ2) is 7.31. The van der Waals surface area contributed by atoms with Gasteiger partial charge in [-0.05, 0) is 30.7 Å². The lowest BCUT2D eigenvalue weighted by Crippen LogP contribution is -2.18. The number of nitrogens with one attached hydrogen (secondary N) is 1. The number of nitrogens with zero attached hydrogens (tertiary/aromatic N) is 2. The molecule has 0 aliphatic carbocycles. The van der Waals surface area contributed by atoms with Crippen LogP contribution in [-0.4, -0.2) is 29.6 Å². The smallest absolute Gasteiger partial charge is 0.408 e. The summed E-state index contributed by atoms with van der Waals surface area (Å²) in [5, 5.41) is 6.89. The highest BCUT2D eigenvalue weighted by Gasteiger charge is 2.28. The zero-order valence-electron chi connectivity index (χ0n) is 12.2. The van der Waals surface area contributed by atoms with Gasteiger partial charge in [-0.15, -0.1) is 0 Å². The molecule has 7 heteroatoms. The van der Waals surface area contributed by atoms with Gasteiger partial charge in [0.1, 0.15) is 12.3 Å². The Morgan fingerprint density at radius 2 is 2.09 bits per heavy atom. The molecule has 22 heavy (non-hydrogen) atoms. The Morgan fingerprint density at radius 3 is 2.82 bits per heavy atom. The van der Waals surface area contributed by atoms with Gasteiger partial charge in [0, 0.05) is 18.3 Å². The summed E-state index contributed by atoms with van der Waals surface area (Å²) in [6.07, 6.45) is -0.576. The molecular formula is C15H18F3N3O. The first-order chi connectivity index (χ1) is 10.5. The number of halogens is 3. The van der Waals surface area contributed by atoms with Crippen molar-refractivity contribution in [3.05, 3.63) is 47.8 Å². The minimum absolute atomic E-state index is 0.488. The molecule has 1 aromatic heterocycles. The monoisotopic (exact) mass is 313 g/mol. The Labute approximate surface area is 126 Å². The zero-order valence-corrected chi connectivity index (χ0v) is 12.2. The molecule has 4 nitrogen and oxygen atoms in total. The van der Waals surface area contributed by atoms with Gasteiger partial charge in [0.05, 0.1) is 13.3 Å². The van der Waals surface area contributed by atoms with Crippen LogP contribution >= 0.6 is 0 Å². The maximum Gasteiger partial charge on any atom is 0.408 e. The molecule has 0 amide bonds. The Balaban J connectivity index is 1.74. The Hall–Kier alpha value is -2.02. The number of methoxy groups -OCH3 is 1. The fraction of sp³-hybridized carbons (Fsp3) is 0.400. The molecule has 0 aliphatic heterocycles. The summed E-state index contributed by atoms with van der Waals surface area (Å²) in [6, 6.07) is 7.77. The second-order valence-electron chi connectivity index (χ2n) is 4.94. The lowest BCUT2D eigenvalue weighted by atomic mass is 10.1. The van der Waals surface area contributed by atoms with Crippen molar-refractivity contribution in [2.45, 2.75) is 25.7 Å². The SMILES string of the molecule is COc1cccc(CCNCc2cnn(CC(F)(F)F)c2)c1. The standard InChI is InChI=1S/C15H18F3N3O/c1-22-14-4-2-3-12(7-14)5-6-19-8-13-9-20-21(10-13)11-15(16,17)18/h2-4,7,9-10,19H,5-6,8,11H2,1H3. The van der Waals surface area contributed by atoms with Crippen molar-refractivity contribution < 1.29 is 17.9 Å². The first kappa shape index (κ1) is 16.4. The van der Waals surface area contributed by atoms with Crippen LogP contribution in [0.5, 0.6) is 5.75 Å². The molecule has 1 N–H and O–H groups in total. The number of ether oxygens (including phenoxy) is 1. The van der Waals surface area contributed by atoms with Crippen LogP contribution < -0.4 is 10.1 Å². The molecule has 1 aromatic carbocycles. The highest BCUT2D eigenvalue weighted by molar-refractivity contribution is 5.28. The van der Waals surface area contributed by atoms with Crippen LogP contribution in [0.3, 0.4) is 0 Å². The first-order valence-corrected chi connectivity index (χ1v) is 6.88. The van der Waals surface area contributed by atoms with Gasteiger partial charge >= 0.3 is 6.18 Å². The molecule has 0 saturated carbocycles. The van der Waals surface area contributed by atoms with Crippen molar-refractivity contribution in [1.82, 2.24) is 15.1 Å². The van der Waals surface area contributed by atoms with E-state index in [0.29, 0.717) is 6.54 Å². The molecule has 0 fully saturated rings. The number of aromatic nitrogens is 2. The van der Waals surface area contributed by atoms with Gasteiger partial charge in [-0.25, -0.2) is 0 Å². The summed E-state index contributed by atoms with van der Waals surface area (Å²) in [6.45, 7) is 0.149. The molecule has 1 heterocycles. The molecule has 0 aliphatic rings. The summed E-state index contributed by atoms with van der Waals surface area (Å²) >= 11 is 0. The second-order valence-corrected chi connectivity index (χ2v) is 4.94. The number of benzene rings is 1. The van der Waals surface area contributed by atoms with Crippen LogP contribution in [0.2, 0.25) is 0 Å². The number of hydrogen-bond acceptors (Lipinski definition) is 3. The highest BCUT2D eigenvalue weighted by atomic mass is 19.4. The summed E-state index contributed by atoms with van der Waals surface area (Å²) < 4.78 is 42.7. The third-order valence-corrected chi connectivity index (χ3v) is 3.08. The van der Waals surface area contributed by atoms with Crippen molar-refractivity contribution in [1.29, 1.82) is 0 Å². The van der Waals surface area contributed by atoms with E-state index in [1.54, 1.807) is 7.11 Å². The quantitative estimate of drug-likeness (QED) is 0.799. The van der Waals surface area contributed by atoms with Crippen molar-refractivity contribution in [3.63, 3.8) is 0 Å². The Morgan fingerprint density at radius 1 is 1.27 bits per heavy atom. The average molecular weight is 313 g/mol. The third-order valence-electron chi connectivity index (χ3n) is 3.08.